The van der Waals surface area contributed by atoms with E-state index >= 15 is 0 Å². The van der Waals surface area contributed by atoms with E-state index in [1.807, 2.05) is 12.1 Å². The molecule has 110 valence electrons. The number of carbonyl (C=O) groups is 1. The van der Waals surface area contributed by atoms with Gasteiger partial charge < -0.3 is 11.1 Å². The molecule has 0 spiro atoms. The van der Waals surface area contributed by atoms with Crippen molar-refractivity contribution in [2.45, 2.75) is 26.3 Å². The van der Waals surface area contributed by atoms with Crippen molar-refractivity contribution in [2.75, 3.05) is 11.1 Å². The summed E-state index contributed by atoms with van der Waals surface area (Å²) in [6, 6.07) is 8.57. The number of hydrogen-bond donors (Lipinski definition) is 2. The van der Waals surface area contributed by atoms with Crippen LogP contribution in [0.4, 0.5) is 11.4 Å². The van der Waals surface area contributed by atoms with E-state index in [0.29, 0.717) is 36.5 Å². The molecule has 1 amide bonds. The highest BCUT2D eigenvalue weighted by Gasteiger charge is 2.05. The maximum absolute atomic E-state index is 11.8. The molecule has 1 aromatic heterocycles. The highest BCUT2D eigenvalue weighted by molar-refractivity contribution is 5.93. The Balaban J connectivity index is 1.85. The molecule has 21 heavy (non-hydrogen) atoms. The SMILES string of the molecule is Cc1cc(=O)n(CCCC(=O)Nc2ccccc2N)cn1. The molecule has 0 unspecified atom stereocenters. The molecule has 0 bridgehead atoms. The second kappa shape index (κ2) is 6.69. The Morgan fingerprint density at radius 2 is 2.14 bits per heavy atom. The number of nitrogens with two attached hydrogens (primary N) is 1. The number of para-hydroxylation sites is 2. The number of rotatable bonds is 5. The van der Waals surface area contributed by atoms with Gasteiger partial charge in [0.2, 0.25) is 5.91 Å². The van der Waals surface area contributed by atoms with Gasteiger partial charge in [0.15, 0.2) is 0 Å². The lowest BCUT2D eigenvalue weighted by Gasteiger charge is -2.08. The van der Waals surface area contributed by atoms with E-state index in [4.69, 9.17) is 5.73 Å². The number of carbonyl (C=O) groups excluding carboxylic acids is 1. The average Bonchev–Trinajstić information content (AvgIpc) is 2.44. The molecule has 2 rings (SSSR count). The monoisotopic (exact) mass is 286 g/mol. The number of aryl methyl sites for hydroxylation is 2. The van der Waals surface area contributed by atoms with Gasteiger partial charge in [0.05, 0.1) is 17.7 Å². The van der Waals surface area contributed by atoms with E-state index < -0.39 is 0 Å². The van der Waals surface area contributed by atoms with Crippen LogP contribution >= 0.6 is 0 Å². The third-order valence-electron chi connectivity index (χ3n) is 3.05. The molecule has 0 saturated heterocycles. The minimum absolute atomic E-state index is 0.102. The molecular weight excluding hydrogens is 268 g/mol. The molecule has 2 aromatic rings. The molecule has 0 atom stereocenters. The van der Waals surface area contributed by atoms with Crippen LogP contribution in [0.3, 0.4) is 0 Å². The molecule has 0 aliphatic rings. The van der Waals surface area contributed by atoms with Crippen molar-refractivity contribution >= 4 is 17.3 Å². The molecule has 3 N–H and O–H groups in total. The van der Waals surface area contributed by atoms with Crippen LogP contribution in [0.5, 0.6) is 0 Å². The maximum Gasteiger partial charge on any atom is 0.253 e. The van der Waals surface area contributed by atoms with Crippen molar-refractivity contribution < 1.29 is 4.79 Å². The summed E-state index contributed by atoms with van der Waals surface area (Å²) >= 11 is 0. The lowest BCUT2D eigenvalue weighted by molar-refractivity contribution is -0.116. The second-order valence-corrected chi connectivity index (χ2v) is 4.80. The Kier molecular flexibility index (Phi) is 4.71. The molecule has 0 fully saturated rings. The first-order chi connectivity index (χ1) is 10.1. The van der Waals surface area contributed by atoms with Crippen LogP contribution in [-0.4, -0.2) is 15.5 Å². The summed E-state index contributed by atoms with van der Waals surface area (Å²) in [4.78, 5) is 27.5. The summed E-state index contributed by atoms with van der Waals surface area (Å²) in [7, 11) is 0. The summed E-state index contributed by atoms with van der Waals surface area (Å²) in [5, 5.41) is 2.75. The number of amides is 1. The van der Waals surface area contributed by atoms with Gasteiger partial charge in [0, 0.05) is 24.7 Å². The van der Waals surface area contributed by atoms with Crippen LogP contribution in [0.2, 0.25) is 0 Å². The van der Waals surface area contributed by atoms with E-state index in [-0.39, 0.29) is 11.5 Å². The second-order valence-electron chi connectivity index (χ2n) is 4.80. The van der Waals surface area contributed by atoms with Gasteiger partial charge in [-0.15, -0.1) is 0 Å². The molecule has 0 aliphatic carbocycles. The molecular formula is C15H18N4O2. The average molecular weight is 286 g/mol. The lowest BCUT2D eigenvalue weighted by atomic mass is 10.2. The third kappa shape index (κ3) is 4.17. The fraction of sp³-hybridized carbons (Fsp3) is 0.267. The number of aromatic nitrogens is 2. The van der Waals surface area contributed by atoms with E-state index in [1.54, 1.807) is 19.1 Å². The maximum atomic E-state index is 11.8. The fourth-order valence-electron chi connectivity index (χ4n) is 1.92. The minimum Gasteiger partial charge on any atom is -0.397 e. The normalized spacial score (nSPS) is 10.3. The van der Waals surface area contributed by atoms with Gasteiger partial charge in [-0.25, -0.2) is 4.98 Å². The Labute approximate surface area is 122 Å². The largest absolute Gasteiger partial charge is 0.397 e. The number of nitrogens with zero attached hydrogens (tertiary/aromatic N) is 2. The van der Waals surface area contributed by atoms with Crippen LogP contribution in [-0.2, 0) is 11.3 Å². The first kappa shape index (κ1) is 14.8. The van der Waals surface area contributed by atoms with Gasteiger partial charge in [-0.3, -0.25) is 14.2 Å². The first-order valence-corrected chi connectivity index (χ1v) is 6.74. The fourth-order valence-corrected chi connectivity index (χ4v) is 1.92. The highest BCUT2D eigenvalue weighted by Crippen LogP contribution is 2.16. The quantitative estimate of drug-likeness (QED) is 0.816. The van der Waals surface area contributed by atoms with E-state index in [1.165, 1.54) is 17.0 Å². The molecule has 1 heterocycles. The van der Waals surface area contributed by atoms with Crippen molar-refractivity contribution in [1.29, 1.82) is 0 Å². The van der Waals surface area contributed by atoms with E-state index in [9.17, 15) is 9.59 Å². The standard InChI is InChI=1S/C15H18N4O2/c1-11-9-15(21)19(10-17-11)8-4-7-14(20)18-13-6-3-2-5-12(13)16/h2-3,5-6,9-10H,4,7-8,16H2,1H3,(H,18,20). The molecule has 0 aliphatic heterocycles. The Morgan fingerprint density at radius 3 is 2.86 bits per heavy atom. The minimum atomic E-state index is -0.124. The number of nitrogens with one attached hydrogen (secondary N) is 1. The Hall–Kier alpha value is -2.63. The molecule has 6 nitrogen and oxygen atoms in total. The third-order valence-corrected chi connectivity index (χ3v) is 3.05. The van der Waals surface area contributed by atoms with Crippen LogP contribution in [0.15, 0.2) is 41.5 Å². The number of hydrogen-bond acceptors (Lipinski definition) is 4. The van der Waals surface area contributed by atoms with Gasteiger partial charge in [-0.2, -0.15) is 0 Å². The topological polar surface area (TPSA) is 90.0 Å². The number of benzene rings is 1. The van der Waals surface area contributed by atoms with Gasteiger partial charge >= 0.3 is 0 Å². The number of anilines is 2. The van der Waals surface area contributed by atoms with Gasteiger partial charge in [0.1, 0.15) is 0 Å². The van der Waals surface area contributed by atoms with Crippen LogP contribution < -0.4 is 16.6 Å². The highest BCUT2D eigenvalue weighted by atomic mass is 16.1. The summed E-state index contributed by atoms with van der Waals surface area (Å²) in [6.45, 7) is 2.23. The van der Waals surface area contributed by atoms with E-state index in [0.717, 1.165) is 0 Å². The Morgan fingerprint density at radius 1 is 1.38 bits per heavy atom. The number of nitrogen functional groups attached to an aromatic ring is 1. The zero-order chi connectivity index (χ0) is 15.2. The van der Waals surface area contributed by atoms with Crippen LogP contribution in [0.25, 0.3) is 0 Å². The zero-order valence-corrected chi connectivity index (χ0v) is 11.9. The molecule has 0 saturated carbocycles. The van der Waals surface area contributed by atoms with Crippen molar-refractivity contribution in [2.24, 2.45) is 0 Å². The summed E-state index contributed by atoms with van der Waals surface area (Å²) in [5.41, 5.74) is 7.48. The van der Waals surface area contributed by atoms with E-state index in [2.05, 4.69) is 10.3 Å². The summed E-state index contributed by atoms with van der Waals surface area (Å²) in [6.07, 6.45) is 2.38. The van der Waals surface area contributed by atoms with Crippen molar-refractivity contribution in [3.05, 3.63) is 52.7 Å². The van der Waals surface area contributed by atoms with Gasteiger partial charge in [0.25, 0.3) is 5.56 Å². The zero-order valence-electron chi connectivity index (χ0n) is 11.9. The van der Waals surface area contributed by atoms with Gasteiger partial charge in [-0.05, 0) is 25.5 Å². The Bertz CT molecular complexity index is 694. The molecule has 1 aromatic carbocycles. The van der Waals surface area contributed by atoms with Gasteiger partial charge in [-0.1, -0.05) is 12.1 Å². The van der Waals surface area contributed by atoms with Crippen molar-refractivity contribution in [3.63, 3.8) is 0 Å². The summed E-state index contributed by atoms with van der Waals surface area (Å²) < 4.78 is 1.50. The van der Waals surface area contributed by atoms with Crippen molar-refractivity contribution in [1.82, 2.24) is 9.55 Å². The lowest BCUT2D eigenvalue weighted by Crippen LogP contribution is -2.21. The summed E-state index contributed by atoms with van der Waals surface area (Å²) in [5.74, 6) is -0.124. The molecule has 6 heteroatoms. The predicted octanol–water partition coefficient (Wildman–Crippen LogP) is 1.55. The smallest absolute Gasteiger partial charge is 0.253 e. The van der Waals surface area contributed by atoms with Crippen molar-refractivity contribution in [3.8, 4) is 0 Å². The first-order valence-electron chi connectivity index (χ1n) is 6.74. The van der Waals surface area contributed by atoms with Crippen LogP contribution in [0.1, 0.15) is 18.5 Å². The molecule has 0 radical (unpaired) electrons. The predicted molar refractivity (Wildman–Crippen MR) is 82.0 cm³/mol. The van der Waals surface area contributed by atoms with Crippen LogP contribution in [0, 0.1) is 6.92 Å².